The van der Waals surface area contributed by atoms with Crippen LogP contribution in [0.5, 0.6) is 5.75 Å². The van der Waals surface area contributed by atoms with Gasteiger partial charge in [0.05, 0.1) is 18.8 Å². The molecule has 4 rings (SSSR count). The van der Waals surface area contributed by atoms with E-state index in [9.17, 15) is 26.4 Å². The second-order valence-corrected chi connectivity index (χ2v) is 12.1. The van der Waals surface area contributed by atoms with Crippen molar-refractivity contribution in [2.75, 3.05) is 43.4 Å². The van der Waals surface area contributed by atoms with Crippen molar-refractivity contribution in [2.45, 2.75) is 39.4 Å². The summed E-state index contributed by atoms with van der Waals surface area (Å²) in [4.78, 5) is 16.9. The molecule has 1 fully saturated rings. The monoisotopic (exact) mass is 603 g/mol. The Balaban J connectivity index is 1.32. The molecule has 0 bridgehead atoms. The first-order valence-corrected chi connectivity index (χ1v) is 15.7. The molecule has 1 amide bonds. The molecule has 0 saturated carbocycles. The van der Waals surface area contributed by atoms with Gasteiger partial charge in [0.2, 0.25) is 10.0 Å². The average Bonchev–Trinajstić information content (AvgIpc) is 2.97. The fourth-order valence-corrected chi connectivity index (χ4v) is 5.95. The fourth-order valence-electron chi connectivity index (χ4n) is 4.95. The summed E-state index contributed by atoms with van der Waals surface area (Å²) in [5.41, 5.74) is 5.86. The van der Waals surface area contributed by atoms with Gasteiger partial charge in [0.25, 0.3) is 5.91 Å². The topological polar surface area (TPSA) is 79.0 Å². The lowest BCUT2D eigenvalue weighted by atomic mass is 9.97. The molecule has 226 valence electrons. The predicted molar refractivity (Wildman–Crippen MR) is 158 cm³/mol. The molecular formula is C31H36F3N3O4S. The van der Waals surface area contributed by atoms with Crippen LogP contribution in [0, 0.1) is 0 Å². The Morgan fingerprint density at radius 3 is 2.24 bits per heavy atom. The number of carbonyl (C=O) groups is 1. The minimum Gasteiger partial charge on any atom is -0.494 e. The minimum atomic E-state index is -4.62. The van der Waals surface area contributed by atoms with Gasteiger partial charge >= 0.3 is 6.18 Å². The highest BCUT2D eigenvalue weighted by Gasteiger charge is 2.30. The second-order valence-electron chi connectivity index (χ2n) is 10.2. The van der Waals surface area contributed by atoms with Gasteiger partial charge in [-0.15, -0.1) is 0 Å². The number of alkyl halides is 3. The highest BCUT2D eigenvalue weighted by atomic mass is 32.2. The average molecular weight is 604 g/mol. The fraction of sp³-hybridized carbons (Fsp3) is 0.387. The zero-order valence-corrected chi connectivity index (χ0v) is 24.6. The third-order valence-electron chi connectivity index (χ3n) is 7.23. The molecule has 0 radical (unpaired) electrons. The number of nitrogens with zero attached hydrogens (tertiary/aromatic N) is 2. The standard InChI is InChI=1S/C31H36F3N3O4S/c1-3-23-20-26(25-6-5-7-29(21-25)41-4-2)8-9-27(23)22-36-15-17-37(18-16-36)28-12-10-24(11-13-28)30(38)35-42(39,40)19-14-31(32,33)34/h5-13,20-21H,3-4,14-19,22H2,1-2H3,(H,35,38). The van der Waals surface area contributed by atoms with Crippen molar-refractivity contribution in [1.29, 1.82) is 0 Å². The highest BCUT2D eigenvalue weighted by molar-refractivity contribution is 7.90. The Bertz CT molecular complexity index is 1470. The van der Waals surface area contributed by atoms with Gasteiger partial charge in [-0.1, -0.05) is 37.3 Å². The Kier molecular flexibility index (Phi) is 10.2. The third kappa shape index (κ3) is 8.72. The Morgan fingerprint density at radius 2 is 1.60 bits per heavy atom. The molecule has 7 nitrogen and oxygen atoms in total. The molecule has 1 heterocycles. The van der Waals surface area contributed by atoms with Gasteiger partial charge in [-0.05, 0) is 72.0 Å². The molecule has 3 aromatic rings. The number of ether oxygens (including phenoxy) is 1. The lowest BCUT2D eigenvalue weighted by Crippen LogP contribution is -2.46. The highest BCUT2D eigenvalue weighted by Crippen LogP contribution is 2.28. The van der Waals surface area contributed by atoms with Gasteiger partial charge in [-0.25, -0.2) is 13.1 Å². The van der Waals surface area contributed by atoms with Crippen LogP contribution in [0.4, 0.5) is 18.9 Å². The number of carbonyl (C=O) groups excluding carboxylic acids is 1. The van der Waals surface area contributed by atoms with Gasteiger partial charge in [-0.2, -0.15) is 13.2 Å². The Hall–Kier alpha value is -3.57. The van der Waals surface area contributed by atoms with Crippen LogP contribution in [0.25, 0.3) is 11.1 Å². The van der Waals surface area contributed by atoms with Crippen LogP contribution in [0.3, 0.4) is 0 Å². The maximum atomic E-state index is 12.4. The molecule has 0 aromatic heterocycles. The van der Waals surface area contributed by atoms with Gasteiger partial charge in [0.15, 0.2) is 0 Å². The summed E-state index contributed by atoms with van der Waals surface area (Å²) in [6, 6.07) is 21.2. The number of amides is 1. The van der Waals surface area contributed by atoms with Crippen LogP contribution in [-0.2, 0) is 23.0 Å². The van der Waals surface area contributed by atoms with Crippen LogP contribution in [0.2, 0.25) is 0 Å². The van der Waals surface area contributed by atoms with Gasteiger partial charge in [-0.3, -0.25) is 9.69 Å². The molecule has 42 heavy (non-hydrogen) atoms. The third-order valence-corrected chi connectivity index (χ3v) is 8.47. The quantitative estimate of drug-likeness (QED) is 0.305. The summed E-state index contributed by atoms with van der Waals surface area (Å²) in [6.07, 6.45) is -5.21. The summed E-state index contributed by atoms with van der Waals surface area (Å²) < 4.78 is 68.1. The van der Waals surface area contributed by atoms with Crippen LogP contribution in [0.15, 0.2) is 66.7 Å². The molecule has 0 unspecified atom stereocenters. The Morgan fingerprint density at radius 1 is 0.905 bits per heavy atom. The largest absolute Gasteiger partial charge is 0.494 e. The van der Waals surface area contributed by atoms with Gasteiger partial charge in [0, 0.05) is 44.0 Å². The van der Waals surface area contributed by atoms with Gasteiger partial charge < -0.3 is 9.64 Å². The molecule has 1 saturated heterocycles. The normalized spacial score (nSPS) is 14.5. The van der Waals surface area contributed by atoms with Crippen molar-refractivity contribution in [1.82, 2.24) is 9.62 Å². The zero-order valence-electron chi connectivity index (χ0n) is 23.8. The van der Waals surface area contributed by atoms with E-state index in [4.69, 9.17) is 4.74 Å². The van der Waals surface area contributed by atoms with Crippen molar-refractivity contribution >= 4 is 21.6 Å². The Labute approximate surface area is 245 Å². The van der Waals surface area contributed by atoms with E-state index in [1.165, 1.54) is 23.3 Å². The second kappa shape index (κ2) is 13.6. The number of hydrogen-bond donors (Lipinski definition) is 1. The number of benzene rings is 3. The summed E-state index contributed by atoms with van der Waals surface area (Å²) in [5.74, 6) is -1.29. The lowest BCUT2D eigenvalue weighted by molar-refractivity contribution is -0.130. The maximum Gasteiger partial charge on any atom is 0.390 e. The maximum absolute atomic E-state index is 12.4. The van der Waals surface area contributed by atoms with E-state index in [2.05, 4.69) is 47.1 Å². The summed E-state index contributed by atoms with van der Waals surface area (Å²) >= 11 is 0. The van der Waals surface area contributed by atoms with Crippen molar-refractivity contribution < 1.29 is 31.1 Å². The zero-order chi connectivity index (χ0) is 30.3. The number of halogens is 3. The van der Waals surface area contributed by atoms with Crippen LogP contribution in [-0.4, -0.2) is 63.9 Å². The van der Waals surface area contributed by atoms with E-state index >= 15 is 0 Å². The number of nitrogens with one attached hydrogen (secondary N) is 1. The van der Waals surface area contributed by atoms with E-state index in [1.54, 1.807) is 16.9 Å². The van der Waals surface area contributed by atoms with Crippen molar-refractivity contribution in [3.05, 3.63) is 83.4 Å². The summed E-state index contributed by atoms with van der Waals surface area (Å²) in [7, 11) is -4.39. The van der Waals surface area contributed by atoms with Gasteiger partial charge in [0.1, 0.15) is 5.75 Å². The van der Waals surface area contributed by atoms with E-state index in [0.29, 0.717) is 6.61 Å². The molecular weight excluding hydrogens is 567 g/mol. The molecule has 0 spiro atoms. The van der Waals surface area contributed by atoms with E-state index in [0.717, 1.165) is 61.7 Å². The number of anilines is 1. The molecule has 1 N–H and O–H groups in total. The van der Waals surface area contributed by atoms with Crippen LogP contribution in [0.1, 0.15) is 41.8 Å². The minimum absolute atomic E-state index is 0.0631. The molecule has 1 aliphatic heterocycles. The van der Waals surface area contributed by atoms with Crippen LogP contribution < -0.4 is 14.4 Å². The smallest absolute Gasteiger partial charge is 0.390 e. The van der Waals surface area contributed by atoms with Crippen molar-refractivity contribution in [3.63, 3.8) is 0 Å². The van der Waals surface area contributed by atoms with E-state index in [-0.39, 0.29) is 5.56 Å². The number of rotatable bonds is 11. The molecule has 0 atom stereocenters. The first kappa shape index (κ1) is 31.4. The van der Waals surface area contributed by atoms with E-state index in [1.807, 2.05) is 19.1 Å². The lowest BCUT2D eigenvalue weighted by Gasteiger charge is -2.36. The molecule has 11 heteroatoms. The summed E-state index contributed by atoms with van der Waals surface area (Å²) in [6.45, 7) is 8.87. The first-order valence-electron chi connectivity index (χ1n) is 14.0. The SMILES string of the molecule is CCOc1cccc(-c2ccc(CN3CCN(c4ccc(C(=O)NS(=O)(=O)CCC(F)(F)F)cc4)CC3)c(CC)c2)c1. The summed E-state index contributed by atoms with van der Waals surface area (Å²) in [5, 5.41) is 0. The van der Waals surface area contributed by atoms with Crippen molar-refractivity contribution in [2.24, 2.45) is 0 Å². The molecule has 3 aromatic carbocycles. The number of hydrogen-bond acceptors (Lipinski definition) is 6. The predicted octanol–water partition coefficient (Wildman–Crippen LogP) is 5.65. The number of sulfonamides is 1. The van der Waals surface area contributed by atoms with Crippen molar-refractivity contribution in [3.8, 4) is 16.9 Å². The first-order chi connectivity index (χ1) is 20.0. The van der Waals surface area contributed by atoms with Crippen LogP contribution >= 0.6 is 0 Å². The molecule has 1 aliphatic rings. The molecule has 0 aliphatic carbocycles. The number of piperazine rings is 1. The number of aryl methyl sites for hydroxylation is 1. The van der Waals surface area contributed by atoms with E-state index < -0.39 is 34.3 Å².